The van der Waals surface area contributed by atoms with Crippen LogP contribution in [0.5, 0.6) is 0 Å². The molecule has 2 fully saturated rings. The van der Waals surface area contributed by atoms with Crippen LogP contribution >= 0.6 is 0 Å². The minimum Gasteiger partial charge on any atom is -0.390 e. The molecule has 0 saturated heterocycles. The van der Waals surface area contributed by atoms with Gasteiger partial charge >= 0.3 is 0 Å². The van der Waals surface area contributed by atoms with E-state index in [1.165, 1.54) is 0 Å². The predicted molar refractivity (Wildman–Crippen MR) is 17.7 cm³/mol. The van der Waals surface area contributed by atoms with Crippen molar-refractivity contribution in [2.45, 2.75) is 18.4 Å². The van der Waals surface area contributed by atoms with Gasteiger partial charge in [-0.3, -0.25) is 0 Å². The van der Waals surface area contributed by atoms with Gasteiger partial charge in [-0.1, -0.05) is 0 Å². The molecule has 0 aromatic rings. The molecule has 0 aromatic carbocycles. The van der Waals surface area contributed by atoms with Crippen molar-refractivity contribution in [1.82, 2.24) is 0 Å². The molecule has 0 amide bonds. The van der Waals surface area contributed by atoms with Crippen LogP contribution in [0.25, 0.3) is 0 Å². The standard InChI is InChI=1S/C4H6O/c5-4-1-3(4)2-4/h3,5H,1-2H2. The van der Waals surface area contributed by atoms with Crippen molar-refractivity contribution in [3.8, 4) is 0 Å². The van der Waals surface area contributed by atoms with E-state index >= 15 is 0 Å². The number of rotatable bonds is 0. The Morgan fingerprint density at radius 1 is 1.60 bits per heavy atom. The third-order valence-electron chi connectivity index (χ3n) is 1.64. The van der Waals surface area contributed by atoms with Gasteiger partial charge in [0, 0.05) is 0 Å². The third-order valence-corrected chi connectivity index (χ3v) is 1.64. The first-order valence-electron chi connectivity index (χ1n) is 2.04. The first kappa shape index (κ1) is 2.19. The van der Waals surface area contributed by atoms with Crippen molar-refractivity contribution < 1.29 is 5.11 Å². The fourth-order valence-electron chi connectivity index (χ4n) is 0.676. The molecule has 1 nitrogen and oxygen atoms in total. The molecule has 0 heterocycles. The zero-order chi connectivity index (χ0) is 3.49. The molecular weight excluding hydrogens is 64.0 g/mol. The molecular formula is C4H6O. The van der Waals surface area contributed by atoms with Crippen LogP contribution in [-0.4, -0.2) is 10.7 Å². The fourth-order valence-corrected chi connectivity index (χ4v) is 0.676. The van der Waals surface area contributed by atoms with Gasteiger partial charge in [-0.2, -0.15) is 0 Å². The van der Waals surface area contributed by atoms with Gasteiger partial charge in [-0.25, -0.2) is 0 Å². The van der Waals surface area contributed by atoms with E-state index in [0.717, 1.165) is 18.8 Å². The van der Waals surface area contributed by atoms with Crippen LogP contribution in [0.15, 0.2) is 0 Å². The summed E-state index contributed by atoms with van der Waals surface area (Å²) in [5, 5.41) is 8.71. The number of hydrogen-bond donors (Lipinski definition) is 1. The zero-order valence-corrected chi connectivity index (χ0v) is 2.94. The maximum Gasteiger partial charge on any atom is 0.0685 e. The van der Waals surface area contributed by atoms with Crippen LogP contribution in [0.2, 0.25) is 0 Å². The van der Waals surface area contributed by atoms with Crippen molar-refractivity contribution in [3.63, 3.8) is 0 Å². The lowest BCUT2D eigenvalue weighted by molar-refractivity contribution is 0.213. The monoisotopic (exact) mass is 70.0 g/mol. The van der Waals surface area contributed by atoms with Crippen molar-refractivity contribution in [1.29, 1.82) is 0 Å². The highest BCUT2D eigenvalue weighted by molar-refractivity contribution is 5.20. The molecule has 0 radical (unpaired) electrons. The van der Waals surface area contributed by atoms with Gasteiger partial charge in [0.15, 0.2) is 0 Å². The van der Waals surface area contributed by atoms with Crippen LogP contribution in [0, 0.1) is 5.92 Å². The van der Waals surface area contributed by atoms with E-state index in [1.807, 2.05) is 0 Å². The Morgan fingerprint density at radius 3 is 1.80 bits per heavy atom. The Kier molecular flexibility index (Phi) is 0.126. The molecule has 0 unspecified atom stereocenters. The van der Waals surface area contributed by atoms with Crippen molar-refractivity contribution in [2.75, 3.05) is 0 Å². The van der Waals surface area contributed by atoms with E-state index in [-0.39, 0.29) is 5.60 Å². The molecule has 2 aliphatic rings. The van der Waals surface area contributed by atoms with Crippen LogP contribution in [0.1, 0.15) is 12.8 Å². The summed E-state index contributed by atoms with van der Waals surface area (Å²) in [6.45, 7) is 0. The Balaban J connectivity index is 2.37. The lowest BCUT2D eigenvalue weighted by Gasteiger charge is -1.79. The van der Waals surface area contributed by atoms with Crippen LogP contribution < -0.4 is 0 Å². The Labute approximate surface area is 30.6 Å². The topological polar surface area (TPSA) is 20.2 Å². The molecule has 0 aliphatic heterocycles. The summed E-state index contributed by atoms with van der Waals surface area (Å²) in [7, 11) is 0. The van der Waals surface area contributed by atoms with E-state index < -0.39 is 0 Å². The second-order valence-corrected chi connectivity index (χ2v) is 2.21. The van der Waals surface area contributed by atoms with Gasteiger partial charge in [0.2, 0.25) is 0 Å². The summed E-state index contributed by atoms with van der Waals surface area (Å²) in [6, 6.07) is 0. The van der Waals surface area contributed by atoms with Gasteiger partial charge in [-0.15, -0.1) is 0 Å². The summed E-state index contributed by atoms with van der Waals surface area (Å²) in [5.41, 5.74) is -0.0833. The highest BCUT2D eigenvalue weighted by atomic mass is 16.3. The minimum absolute atomic E-state index is 0.0833. The van der Waals surface area contributed by atoms with E-state index in [1.54, 1.807) is 0 Å². The zero-order valence-electron chi connectivity index (χ0n) is 2.94. The van der Waals surface area contributed by atoms with Gasteiger partial charge < -0.3 is 5.11 Å². The Hall–Kier alpha value is -0.0400. The normalized spacial score (nSPS) is 70.2. The maximum atomic E-state index is 8.71. The van der Waals surface area contributed by atoms with Crippen LogP contribution in [0.3, 0.4) is 0 Å². The molecule has 5 heavy (non-hydrogen) atoms. The Bertz CT molecular complexity index is 71.7. The first-order valence-corrected chi connectivity index (χ1v) is 2.04. The second-order valence-electron chi connectivity index (χ2n) is 2.21. The third kappa shape index (κ3) is 0.106. The number of aliphatic hydroxyl groups is 1. The lowest BCUT2D eigenvalue weighted by Crippen LogP contribution is -1.85. The summed E-state index contributed by atoms with van der Waals surface area (Å²) < 4.78 is 0. The molecule has 1 N–H and O–H groups in total. The van der Waals surface area contributed by atoms with E-state index in [0.29, 0.717) is 0 Å². The van der Waals surface area contributed by atoms with E-state index in [2.05, 4.69) is 0 Å². The molecule has 0 atom stereocenters. The summed E-state index contributed by atoms with van der Waals surface area (Å²) in [6.07, 6.45) is 2.21. The second kappa shape index (κ2) is 0.289. The molecule has 0 bridgehead atoms. The summed E-state index contributed by atoms with van der Waals surface area (Å²) in [4.78, 5) is 0. The van der Waals surface area contributed by atoms with Crippen molar-refractivity contribution in [2.24, 2.45) is 5.92 Å². The quantitative estimate of drug-likeness (QED) is 0.430. The molecule has 2 aliphatic carbocycles. The molecule has 0 spiro atoms. The molecule has 2 rings (SSSR count). The maximum absolute atomic E-state index is 8.71. The average Bonchev–Trinajstić information content (AvgIpc) is 1.74. The number of fused-ring (bicyclic) bond motifs is 1. The van der Waals surface area contributed by atoms with E-state index in [4.69, 9.17) is 5.11 Å². The largest absolute Gasteiger partial charge is 0.390 e. The molecule has 0 aromatic heterocycles. The van der Waals surface area contributed by atoms with Gasteiger partial charge in [0.05, 0.1) is 5.60 Å². The van der Waals surface area contributed by atoms with Crippen LogP contribution in [-0.2, 0) is 0 Å². The van der Waals surface area contributed by atoms with Crippen molar-refractivity contribution in [3.05, 3.63) is 0 Å². The molecule has 1 heteroatoms. The fraction of sp³-hybridized carbons (Fsp3) is 1.00. The first-order chi connectivity index (χ1) is 2.31. The average molecular weight is 70.1 g/mol. The van der Waals surface area contributed by atoms with E-state index in [9.17, 15) is 0 Å². The summed E-state index contributed by atoms with van der Waals surface area (Å²) >= 11 is 0. The SMILES string of the molecule is OC12CC1C2. The lowest BCUT2D eigenvalue weighted by atomic mass is 10.4. The van der Waals surface area contributed by atoms with Gasteiger partial charge in [0.25, 0.3) is 0 Å². The predicted octanol–water partition coefficient (Wildman–Crippen LogP) is 0.141. The minimum atomic E-state index is -0.0833. The van der Waals surface area contributed by atoms with Crippen molar-refractivity contribution >= 4 is 0 Å². The highest BCUT2D eigenvalue weighted by Gasteiger charge is 2.69. The van der Waals surface area contributed by atoms with Gasteiger partial charge in [-0.05, 0) is 18.8 Å². The highest BCUT2D eigenvalue weighted by Crippen LogP contribution is 2.66. The van der Waals surface area contributed by atoms with Gasteiger partial charge in [0.1, 0.15) is 0 Å². The number of hydrogen-bond acceptors (Lipinski definition) is 1. The van der Waals surface area contributed by atoms with Crippen LogP contribution in [0.4, 0.5) is 0 Å². The molecule has 28 valence electrons. The Morgan fingerprint density at radius 2 is 1.80 bits per heavy atom. The smallest absolute Gasteiger partial charge is 0.0685 e. The molecule has 2 saturated carbocycles. The summed E-state index contributed by atoms with van der Waals surface area (Å²) in [5.74, 6) is 0.752.